The molecular formula is C14H15ClFNO3. The minimum atomic E-state index is -1.02. The first-order chi connectivity index (χ1) is 9.50. The molecule has 2 rings (SSSR count). The first-order valence-corrected chi connectivity index (χ1v) is 6.83. The first kappa shape index (κ1) is 14.8. The van der Waals surface area contributed by atoms with Gasteiger partial charge < -0.3 is 10.0 Å². The lowest BCUT2D eigenvalue weighted by atomic mass is 10.0. The van der Waals surface area contributed by atoms with Crippen molar-refractivity contribution in [2.24, 2.45) is 0 Å². The number of halogens is 2. The van der Waals surface area contributed by atoms with Crippen molar-refractivity contribution in [2.75, 3.05) is 6.54 Å². The zero-order valence-electron chi connectivity index (χ0n) is 10.8. The monoisotopic (exact) mass is 299 g/mol. The number of benzene rings is 1. The van der Waals surface area contributed by atoms with Crippen LogP contribution in [0.5, 0.6) is 0 Å². The summed E-state index contributed by atoms with van der Waals surface area (Å²) in [6.45, 7) is 0.391. The van der Waals surface area contributed by atoms with Gasteiger partial charge in [0.2, 0.25) is 5.91 Å². The van der Waals surface area contributed by atoms with Gasteiger partial charge in [0.05, 0.1) is 6.42 Å². The topological polar surface area (TPSA) is 57.6 Å². The van der Waals surface area contributed by atoms with Crippen molar-refractivity contribution in [3.8, 4) is 0 Å². The standard InChI is InChI=1S/C14H15ClFNO3/c15-10-4-3-5-11(16)9(10)8-13(18)17-7-2-1-6-12(17)14(19)20/h3-5,12H,1-2,6-8H2,(H,19,20)/t12-/m1/s1. The van der Waals surface area contributed by atoms with Gasteiger partial charge in [-0.25, -0.2) is 9.18 Å². The number of piperidine rings is 1. The normalized spacial score (nSPS) is 18.9. The van der Waals surface area contributed by atoms with Crippen LogP contribution in [0.25, 0.3) is 0 Å². The number of carbonyl (C=O) groups excluding carboxylic acids is 1. The van der Waals surface area contributed by atoms with Gasteiger partial charge in [-0.1, -0.05) is 17.7 Å². The molecule has 0 aliphatic carbocycles. The second-order valence-electron chi connectivity index (χ2n) is 4.81. The maximum atomic E-state index is 13.7. The molecule has 1 heterocycles. The molecule has 0 unspecified atom stereocenters. The third-order valence-corrected chi connectivity index (χ3v) is 3.85. The van der Waals surface area contributed by atoms with E-state index < -0.39 is 23.7 Å². The average molecular weight is 300 g/mol. The van der Waals surface area contributed by atoms with Crippen molar-refractivity contribution in [3.05, 3.63) is 34.6 Å². The van der Waals surface area contributed by atoms with Crippen LogP contribution < -0.4 is 0 Å². The predicted octanol–water partition coefficient (Wildman–Crippen LogP) is 2.49. The Morgan fingerprint density at radius 1 is 1.40 bits per heavy atom. The van der Waals surface area contributed by atoms with E-state index in [0.717, 1.165) is 12.8 Å². The molecule has 1 fully saturated rings. The Hall–Kier alpha value is -1.62. The Morgan fingerprint density at radius 3 is 2.80 bits per heavy atom. The number of carboxylic acid groups (broad SMARTS) is 1. The van der Waals surface area contributed by atoms with Crippen molar-refractivity contribution in [1.82, 2.24) is 4.90 Å². The molecule has 1 atom stereocenters. The van der Waals surface area contributed by atoms with Crippen LogP contribution in [0.2, 0.25) is 5.02 Å². The molecule has 0 aromatic heterocycles. The average Bonchev–Trinajstić information content (AvgIpc) is 2.43. The summed E-state index contributed by atoms with van der Waals surface area (Å²) in [5, 5.41) is 9.32. The van der Waals surface area contributed by atoms with Crippen molar-refractivity contribution < 1.29 is 19.1 Å². The Morgan fingerprint density at radius 2 is 2.15 bits per heavy atom. The summed E-state index contributed by atoms with van der Waals surface area (Å²) in [6.07, 6.45) is 1.77. The third-order valence-electron chi connectivity index (χ3n) is 3.50. The smallest absolute Gasteiger partial charge is 0.326 e. The largest absolute Gasteiger partial charge is 0.480 e. The van der Waals surface area contributed by atoms with Gasteiger partial charge in [-0.2, -0.15) is 0 Å². The van der Waals surface area contributed by atoms with E-state index in [1.807, 2.05) is 0 Å². The highest BCUT2D eigenvalue weighted by molar-refractivity contribution is 6.31. The molecule has 0 saturated carbocycles. The van der Waals surface area contributed by atoms with Gasteiger partial charge in [0.15, 0.2) is 0 Å². The third kappa shape index (κ3) is 3.10. The number of aliphatic carboxylic acids is 1. The van der Waals surface area contributed by atoms with E-state index in [1.54, 1.807) is 0 Å². The lowest BCUT2D eigenvalue weighted by Gasteiger charge is -2.33. The van der Waals surface area contributed by atoms with Gasteiger partial charge in [-0.15, -0.1) is 0 Å². The summed E-state index contributed by atoms with van der Waals surface area (Å²) in [5.74, 6) is -1.96. The molecule has 4 nitrogen and oxygen atoms in total. The summed E-state index contributed by atoms with van der Waals surface area (Å²) in [7, 11) is 0. The number of hydrogen-bond acceptors (Lipinski definition) is 2. The molecule has 0 radical (unpaired) electrons. The molecule has 1 aromatic rings. The van der Waals surface area contributed by atoms with Crippen LogP contribution in [0.15, 0.2) is 18.2 Å². The summed E-state index contributed by atoms with van der Waals surface area (Å²) < 4.78 is 13.7. The van der Waals surface area contributed by atoms with Crippen LogP contribution in [-0.2, 0) is 16.0 Å². The number of likely N-dealkylation sites (tertiary alicyclic amines) is 1. The Bertz CT molecular complexity index is 515. The van der Waals surface area contributed by atoms with E-state index in [9.17, 15) is 14.0 Å². The molecular weight excluding hydrogens is 285 g/mol. The number of carboxylic acids is 1. The summed E-state index contributed by atoms with van der Waals surface area (Å²) in [5.41, 5.74) is 0.119. The second-order valence-corrected chi connectivity index (χ2v) is 5.22. The van der Waals surface area contributed by atoms with E-state index >= 15 is 0 Å². The lowest BCUT2D eigenvalue weighted by Crippen LogP contribution is -2.48. The van der Waals surface area contributed by atoms with Crippen LogP contribution in [0.1, 0.15) is 24.8 Å². The van der Waals surface area contributed by atoms with Gasteiger partial charge in [-0.3, -0.25) is 4.79 Å². The van der Waals surface area contributed by atoms with Gasteiger partial charge in [0.1, 0.15) is 11.9 Å². The van der Waals surface area contributed by atoms with E-state index in [0.29, 0.717) is 13.0 Å². The van der Waals surface area contributed by atoms with Crippen LogP contribution in [0.4, 0.5) is 4.39 Å². The SMILES string of the molecule is O=C(O)[C@H]1CCCCN1C(=O)Cc1c(F)cccc1Cl. The number of rotatable bonds is 3. The molecule has 1 saturated heterocycles. The molecule has 1 aliphatic rings. The van der Waals surface area contributed by atoms with Gasteiger partial charge in [0.25, 0.3) is 0 Å². The zero-order valence-corrected chi connectivity index (χ0v) is 11.6. The van der Waals surface area contributed by atoms with Crippen LogP contribution in [0, 0.1) is 5.82 Å². The van der Waals surface area contributed by atoms with Crippen LogP contribution >= 0.6 is 11.6 Å². The van der Waals surface area contributed by atoms with Gasteiger partial charge >= 0.3 is 5.97 Å². The number of nitrogens with zero attached hydrogens (tertiary/aromatic N) is 1. The highest BCUT2D eigenvalue weighted by atomic mass is 35.5. The fourth-order valence-corrected chi connectivity index (χ4v) is 2.67. The summed E-state index contributed by atoms with van der Waals surface area (Å²) in [6, 6.07) is 3.39. The highest BCUT2D eigenvalue weighted by Crippen LogP contribution is 2.23. The van der Waals surface area contributed by atoms with Crippen molar-refractivity contribution >= 4 is 23.5 Å². The highest BCUT2D eigenvalue weighted by Gasteiger charge is 2.32. The number of hydrogen-bond donors (Lipinski definition) is 1. The zero-order chi connectivity index (χ0) is 14.7. The Kier molecular flexibility index (Phi) is 4.60. The summed E-state index contributed by atoms with van der Waals surface area (Å²) in [4.78, 5) is 24.7. The molecule has 0 spiro atoms. The van der Waals surface area contributed by atoms with Crippen molar-refractivity contribution in [3.63, 3.8) is 0 Å². The van der Waals surface area contributed by atoms with Gasteiger partial charge in [0, 0.05) is 17.1 Å². The fraction of sp³-hybridized carbons (Fsp3) is 0.429. The van der Waals surface area contributed by atoms with E-state index in [2.05, 4.69) is 0 Å². The first-order valence-electron chi connectivity index (χ1n) is 6.46. The van der Waals surface area contributed by atoms with E-state index in [1.165, 1.54) is 23.1 Å². The molecule has 1 N–H and O–H groups in total. The summed E-state index contributed by atoms with van der Waals surface area (Å²) >= 11 is 5.88. The molecule has 0 bridgehead atoms. The van der Waals surface area contributed by atoms with Crippen molar-refractivity contribution in [1.29, 1.82) is 0 Å². The minimum absolute atomic E-state index is 0.119. The van der Waals surface area contributed by atoms with Crippen molar-refractivity contribution in [2.45, 2.75) is 31.7 Å². The quantitative estimate of drug-likeness (QED) is 0.933. The molecule has 108 valence electrons. The Labute approximate surface area is 121 Å². The predicted molar refractivity (Wildman–Crippen MR) is 72.1 cm³/mol. The number of carbonyl (C=O) groups is 2. The van der Waals surface area contributed by atoms with Crippen LogP contribution in [-0.4, -0.2) is 34.5 Å². The minimum Gasteiger partial charge on any atom is -0.480 e. The molecule has 20 heavy (non-hydrogen) atoms. The maximum absolute atomic E-state index is 13.7. The fourth-order valence-electron chi connectivity index (χ4n) is 2.44. The Balaban J connectivity index is 2.16. The number of amides is 1. The van der Waals surface area contributed by atoms with E-state index in [4.69, 9.17) is 16.7 Å². The molecule has 6 heteroatoms. The second kappa shape index (κ2) is 6.22. The molecule has 1 aliphatic heterocycles. The molecule has 1 amide bonds. The van der Waals surface area contributed by atoms with Crippen LogP contribution in [0.3, 0.4) is 0 Å². The van der Waals surface area contributed by atoms with E-state index in [-0.39, 0.29) is 17.0 Å². The van der Waals surface area contributed by atoms with Gasteiger partial charge in [-0.05, 0) is 31.4 Å². The maximum Gasteiger partial charge on any atom is 0.326 e. The molecule has 1 aromatic carbocycles. The lowest BCUT2D eigenvalue weighted by molar-refractivity contribution is -0.151.